The minimum Gasteiger partial charge on any atom is -0.489 e. The van der Waals surface area contributed by atoms with Crippen LogP contribution in [0.25, 0.3) is 0 Å². The number of rotatable bonds is 10. The van der Waals surface area contributed by atoms with Gasteiger partial charge in [-0.1, -0.05) is 6.58 Å². The molecular weight excluding hydrogens is 264 g/mol. The third-order valence-electron chi connectivity index (χ3n) is 2.91. The molecule has 1 N–H and O–H groups in total. The standard InChI is InChI=1S/C17H26N2O2/c1-14(2)13-21-16-8-6-15(7-9-16)17(20)12-18-10-5-11-19(3)4/h6-9,18H,1,5,10-13H2,2-4H3. The summed E-state index contributed by atoms with van der Waals surface area (Å²) < 4.78 is 5.51. The fourth-order valence-electron chi connectivity index (χ4n) is 1.77. The molecule has 116 valence electrons. The first-order valence-corrected chi connectivity index (χ1v) is 7.25. The highest BCUT2D eigenvalue weighted by molar-refractivity contribution is 5.97. The highest BCUT2D eigenvalue weighted by atomic mass is 16.5. The Hall–Kier alpha value is -1.65. The first-order chi connectivity index (χ1) is 9.99. The number of carbonyl (C=O) groups is 1. The van der Waals surface area contributed by atoms with Gasteiger partial charge in [0, 0.05) is 5.56 Å². The van der Waals surface area contributed by atoms with Crippen LogP contribution in [-0.4, -0.2) is 51.0 Å². The molecule has 1 aromatic rings. The number of ketones is 1. The number of nitrogens with zero attached hydrogens (tertiary/aromatic N) is 1. The average molecular weight is 290 g/mol. The van der Waals surface area contributed by atoms with Crippen LogP contribution in [0.3, 0.4) is 0 Å². The Balaban J connectivity index is 2.32. The molecule has 0 saturated carbocycles. The summed E-state index contributed by atoms with van der Waals surface area (Å²) >= 11 is 0. The van der Waals surface area contributed by atoms with Crippen molar-refractivity contribution in [3.63, 3.8) is 0 Å². The number of Topliss-reactive ketones (excluding diaryl/α,β-unsaturated/α-hetero) is 1. The van der Waals surface area contributed by atoms with Crippen LogP contribution in [-0.2, 0) is 0 Å². The number of nitrogens with one attached hydrogen (secondary N) is 1. The fourth-order valence-corrected chi connectivity index (χ4v) is 1.77. The van der Waals surface area contributed by atoms with E-state index in [4.69, 9.17) is 4.74 Å². The van der Waals surface area contributed by atoms with Gasteiger partial charge in [-0.3, -0.25) is 4.79 Å². The van der Waals surface area contributed by atoms with Crippen molar-refractivity contribution in [2.75, 3.05) is 40.3 Å². The van der Waals surface area contributed by atoms with Crippen LogP contribution in [0.1, 0.15) is 23.7 Å². The Bertz CT molecular complexity index is 452. The van der Waals surface area contributed by atoms with Crippen molar-refractivity contribution in [3.8, 4) is 5.75 Å². The van der Waals surface area contributed by atoms with Crippen molar-refractivity contribution in [1.82, 2.24) is 10.2 Å². The van der Waals surface area contributed by atoms with Gasteiger partial charge >= 0.3 is 0 Å². The lowest BCUT2D eigenvalue weighted by Crippen LogP contribution is -2.26. The molecule has 1 rings (SSSR count). The van der Waals surface area contributed by atoms with E-state index < -0.39 is 0 Å². The summed E-state index contributed by atoms with van der Waals surface area (Å²) in [6.45, 7) is 8.45. The predicted octanol–water partition coefficient (Wildman–Crippen LogP) is 2.37. The summed E-state index contributed by atoms with van der Waals surface area (Å²) in [6, 6.07) is 7.25. The average Bonchev–Trinajstić information content (AvgIpc) is 2.44. The Labute approximate surface area is 127 Å². The maximum absolute atomic E-state index is 12.0. The Morgan fingerprint density at radius 1 is 1.29 bits per heavy atom. The second-order valence-electron chi connectivity index (χ2n) is 5.53. The SMILES string of the molecule is C=C(C)COc1ccc(C(=O)CNCCCN(C)C)cc1. The van der Waals surface area contributed by atoms with Crippen LogP contribution in [0.15, 0.2) is 36.4 Å². The zero-order valence-electron chi connectivity index (χ0n) is 13.3. The molecule has 0 fully saturated rings. The molecule has 0 aliphatic carbocycles. The lowest BCUT2D eigenvalue weighted by molar-refractivity contribution is 0.0991. The topological polar surface area (TPSA) is 41.6 Å². The van der Waals surface area contributed by atoms with Crippen LogP contribution in [0.5, 0.6) is 5.75 Å². The van der Waals surface area contributed by atoms with E-state index in [1.165, 1.54) is 0 Å². The minimum atomic E-state index is 0.103. The summed E-state index contributed by atoms with van der Waals surface area (Å²) in [6.07, 6.45) is 1.04. The largest absolute Gasteiger partial charge is 0.489 e. The normalized spacial score (nSPS) is 10.7. The van der Waals surface area contributed by atoms with Crippen LogP contribution in [0, 0.1) is 0 Å². The van der Waals surface area contributed by atoms with Crippen LogP contribution in [0.4, 0.5) is 0 Å². The first kappa shape index (κ1) is 17.4. The number of hydrogen-bond acceptors (Lipinski definition) is 4. The monoisotopic (exact) mass is 290 g/mol. The van der Waals surface area contributed by atoms with Gasteiger partial charge in [-0.2, -0.15) is 0 Å². The second kappa shape index (κ2) is 9.32. The van der Waals surface area contributed by atoms with Gasteiger partial charge in [-0.05, 0) is 70.4 Å². The van der Waals surface area contributed by atoms with Crippen molar-refractivity contribution >= 4 is 5.78 Å². The summed E-state index contributed by atoms with van der Waals surface area (Å²) in [4.78, 5) is 14.1. The van der Waals surface area contributed by atoms with E-state index in [9.17, 15) is 4.79 Å². The molecular formula is C17H26N2O2. The smallest absolute Gasteiger partial charge is 0.176 e. The predicted molar refractivity (Wildman–Crippen MR) is 87.1 cm³/mol. The van der Waals surface area contributed by atoms with Gasteiger partial charge in [-0.25, -0.2) is 0 Å². The van der Waals surface area contributed by atoms with Crippen LogP contribution < -0.4 is 10.1 Å². The summed E-state index contributed by atoms with van der Waals surface area (Å²) in [7, 11) is 4.09. The van der Waals surface area contributed by atoms with Crippen LogP contribution in [0.2, 0.25) is 0 Å². The van der Waals surface area contributed by atoms with E-state index in [0.29, 0.717) is 18.7 Å². The number of ether oxygens (including phenoxy) is 1. The Kier molecular flexibility index (Phi) is 7.72. The number of hydrogen-bond donors (Lipinski definition) is 1. The quantitative estimate of drug-likeness (QED) is 0.408. The third kappa shape index (κ3) is 7.63. The van der Waals surface area contributed by atoms with Gasteiger partial charge in [-0.15, -0.1) is 0 Å². The fraction of sp³-hybridized carbons (Fsp3) is 0.471. The van der Waals surface area contributed by atoms with E-state index in [2.05, 4.69) is 16.8 Å². The molecule has 0 aliphatic rings. The zero-order chi connectivity index (χ0) is 15.7. The molecule has 0 atom stereocenters. The molecule has 0 aromatic heterocycles. The maximum atomic E-state index is 12.0. The zero-order valence-corrected chi connectivity index (χ0v) is 13.3. The highest BCUT2D eigenvalue weighted by Crippen LogP contribution is 2.13. The maximum Gasteiger partial charge on any atom is 0.176 e. The van der Waals surface area contributed by atoms with E-state index in [1.807, 2.05) is 33.2 Å². The molecule has 0 bridgehead atoms. The van der Waals surface area contributed by atoms with E-state index in [1.54, 1.807) is 12.1 Å². The molecule has 0 saturated heterocycles. The molecule has 0 heterocycles. The van der Waals surface area contributed by atoms with E-state index in [0.717, 1.165) is 30.8 Å². The van der Waals surface area contributed by atoms with Crippen molar-refractivity contribution < 1.29 is 9.53 Å². The van der Waals surface area contributed by atoms with Gasteiger partial charge < -0.3 is 15.0 Å². The van der Waals surface area contributed by atoms with Crippen molar-refractivity contribution in [2.24, 2.45) is 0 Å². The summed E-state index contributed by atoms with van der Waals surface area (Å²) in [5.41, 5.74) is 1.68. The Morgan fingerprint density at radius 2 is 1.95 bits per heavy atom. The lowest BCUT2D eigenvalue weighted by Gasteiger charge is -2.10. The first-order valence-electron chi connectivity index (χ1n) is 7.25. The molecule has 4 nitrogen and oxygen atoms in total. The van der Waals surface area contributed by atoms with Gasteiger partial charge in [0.15, 0.2) is 5.78 Å². The molecule has 0 unspecified atom stereocenters. The number of carbonyl (C=O) groups excluding carboxylic acids is 1. The summed E-state index contributed by atoms with van der Waals surface area (Å²) in [5, 5.41) is 3.17. The molecule has 0 radical (unpaired) electrons. The van der Waals surface area contributed by atoms with Gasteiger partial charge in [0.1, 0.15) is 12.4 Å². The summed E-state index contributed by atoms with van der Waals surface area (Å²) in [5.74, 6) is 0.861. The van der Waals surface area contributed by atoms with Crippen molar-refractivity contribution in [1.29, 1.82) is 0 Å². The Morgan fingerprint density at radius 3 is 2.52 bits per heavy atom. The molecule has 21 heavy (non-hydrogen) atoms. The molecule has 0 spiro atoms. The lowest BCUT2D eigenvalue weighted by atomic mass is 10.1. The van der Waals surface area contributed by atoms with Gasteiger partial charge in [0.2, 0.25) is 0 Å². The second-order valence-corrected chi connectivity index (χ2v) is 5.53. The molecule has 0 amide bonds. The van der Waals surface area contributed by atoms with E-state index in [-0.39, 0.29) is 5.78 Å². The van der Waals surface area contributed by atoms with Crippen molar-refractivity contribution in [2.45, 2.75) is 13.3 Å². The van der Waals surface area contributed by atoms with Crippen molar-refractivity contribution in [3.05, 3.63) is 42.0 Å². The minimum absolute atomic E-state index is 0.103. The highest BCUT2D eigenvalue weighted by Gasteiger charge is 2.05. The van der Waals surface area contributed by atoms with Gasteiger partial charge in [0.25, 0.3) is 0 Å². The van der Waals surface area contributed by atoms with Gasteiger partial charge in [0.05, 0.1) is 6.54 Å². The molecule has 1 aromatic carbocycles. The molecule has 0 aliphatic heterocycles. The molecule has 4 heteroatoms. The number of benzene rings is 1. The van der Waals surface area contributed by atoms with Crippen LogP contribution >= 0.6 is 0 Å². The third-order valence-corrected chi connectivity index (χ3v) is 2.91. The van der Waals surface area contributed by atoms with E-state index >= 15 is 0 Å².